The summed E-state index contributed by atoms with van der Waals surface area (Å²) in [6, 6.07) is 0. The van der Waals surface area contributed by atoms with Gasteiger partial charge in [0.25, 0.3) is 0 Å². The van der Waals surface area contributed by atoms with Crippen molar-refractivity contribution in [2.24, 2.45) is 0 Å². The second-order valence-electron chi connectivity index (χ2n) is 1.69. The largest absolute Gasteiger partial charge is 0.524 e. The maximum absolute atomic E-state index is 10.1. The Morgan fingerprint density at radius 3 is 2.15 bits per heavy atom. The molecule has 0 amide bonds. The zero-order chi connectivity index (χ0) is 10.5. The molecule has 0 aromatic rings. The first-order valence-electron chi connectivity index (χ1n) is 2.79. The fourth-order valence-electron chi connectivity index (χ4n) is 0.271. The molecular formula is C4H6Cl3O5P. The number of phosphoric ester groups is 1. The van der Waals surface area contributed by atoms with Crippen molar-refractivity contribution in [3.05, 3.63) is 12.5 Å². The molecule has 0 bridgehead atoms. The van der Waals surface area contributed by atoms with Crippen molar-refractivity contribution in [2.45, 2.75) is 10.4 Å². The third kappa shape index (κ3) is 8.68. The van der Waals surface area contributed by atoms with Gasteiger partial charge in [0.2, 0.25) is 5.56 Å². The summed E-state index contributed by atoms with van der Waals surface area (Å²) >= 11 is 15.9. The van der Waals surface area contributed by atoms with Crippen molar-refractivity contribution in [2.75, 3.05) is 0 Å². The van der Waals surface area contributed by atoms with Crippen LogP contribution in [-0.2, 0) is 13.8 Å². The Hall–Kier alpha value is 0.360. The van der Waals surface area contributed by atoms with Gasteiger partial charge in [-0.1, -0.05) is 34.8 Å². The van der Waals surface area contributed by atoms with E-state index in [4.69, 9.17) is 44.6 Å². The molecule has 78 valence electrons. The predicted molar refractivity (Wildman–Crippen MR) is 48.5 cm³/mol. The zero-order valence-electron chi connectivity index (χ0n) is 6.01. The van der Waals surface area contributed by atoms with Crippen molar-refractivity contribution in [3.8, 4) is 0 Å². The van der Waals surface area contributed by atoms with E-state index < -0.39 is 18.2 Å². The highest BCUT2D eigenvalue weighted by atomic mass is 35.5. The Morgan fingerprint density at radius 2 is 1.77 bits per heavy atom. The Morgan fingerprint density at radius 1 is 1.23 bits per heavy atom. The number of hydrogen-bond acceptors (Lipinski definition) is 3. The molecule has 0 aromatic heterocycles. The Bertz CT molecular complexity index is 214. The summed E-state index contributed by atoms with van der Waals surface area (Å²) < 4.78 is 18.5. The maximum atomic E-state index is 10.1. The third-order valence-electron chi connectivity index (χ3n) is 0.660. The summed E-state index contributed by atoms with van der Waals surface area (Å²) in [5.41, 5.74) is -1.01. The molecule has 0 heterocycles. The Kier molecular flexibility index (Phi) is 6.12. The average molecular weight is 271 g/mol. The lowest BCUT2D eigenvalue weighted by Crippen LogP contribution is -2.09. The standard InChI is InChI=1S/C4H6Cl3O5P/c5-3(6)4(7)11-1-2-12-13(8,9)10/h1-4H,(H2,8,9,10). The fraction of sp³-hybridized carbons (Fsp3) is 0.500. The van der Waals surface area contributed by atoms with Crippen LogP contribution in [0.25, 0.3) is 0 Å². The van der Waals surface area contributed by atoms with Crippen LogP contribution < -0.4 is 0 Å². The van der Waals surface area contributed by atoms with Gasteiger partial charge in [0, 0.05) is 0 Å². The third-order valence-corrected chi connectivity index (χ3v) is 2.13. The van der Waals surface area contributed by atoms with E-state index in [1.807, 2.05) is 0 Å². The zero-order valence-corrected chi connectivity index (χ0v) is 9.17. The lowest BCUT2D eigenvalue weighted by molar-refractivity contribution is 0.208. The van der Waals surface area contributed by atoms with E-state index in [-0.39, 0.29) is 0 Å². The molecule has 5 nitrogen and oxygen atoms in total. The van der Waals surface area contributed by atoms with Crippen LogP contribution in [0.3, 0.4) is 0 Å². The van der Waals surface area contributed by atoms with Crippen molar-refractivity contribution >= 4 is 42.6 Å². The first-order chi connectivity index (χ1) is 5.83. The van der Waals surface area contributed by atoms with Gasteiger partial charge in [0.15, 0.2) is 4.84 Å². The van der Waals surface area contributed by atoms with E-state index in [1.165, 1.54) is 0 Å². The first-order valence-corrected chi connectivity index (χ1v) is 5.63. The lowest BCUT2D eigenvalue weighted by atomic mass is 10.8. The van der Waals surface area contributed by atoms with E-state index in [9.17, 15) is 4.57 Å². The van der Waals surface area contributed by atoms with Gasteiger partial charge in [-0.15, -0.1) is 0 Å². The molecule has 0 saturated heterocycles. The SMILES string of the molecule is O=P(O)(O)OC=COC(Cl)C(Cl)Cl. The first kappa shape index (κ1) is 13.4. The van der Waals surface area contributed by atoms with Gasteiger partial charge in [-0.05, 0) is 0 Å². The van der Waals surface area contributed by atoms with E-state index in [0.717, 1.165) is 6.26 Å². The Labute approximate surface area is 89.4 Å². The smallest absolute Gasteiger partial charge is 0.476 e. The molecule has 0 saturated carbocycles. The second-order valence-corrected chi connectivity index (χ2v) is 4.48. The highest BCUT2D eigenvalue weighted by Crippen LogP contribution is 2.35. The van der Waals surface area contributed by atoms with Gasteiger partial charge in [0.05, 0.1) is 0 Å². The number of hydrogen-bond donors (Lipinski definition) is 2. The average Bonchev–Trinajstić information content (AvgIpc) is 1.95. The number of rotatable bonds is 5. The molecule has 9 heteroatoms. The molecule has 1 atom stereocenters. The minimum Gasteiger partial charge on any atom is -0.476 e. The highest BCUT2D eigenvalue weighted by Gasteiger charge is 2.14. The van der Waals surface area contributed by atoms with Gasteiger partial charge in [0.1, 0.15) is 12.5 Å². The molecule has 0 aromatic carbocycles. The summed E-state index contributed by atoms with van der Waals surface area (Å²) in [5, 5.41) is 0. The molecule has 0 radical (unpaired) electrons. The number of ether oxygens (including phenoxy) is 1. The summed E-state index contributed by atoms with van der Waals surface area (Å²) in [4.78, 5) is 15.4. The monoisotopic (exact) mass is 270 g/mol. The number of halogens is 3. The summed E-state index contributed by atoms with van der Waals surface area (Å²) in [6.45, 7) is 0. The van der Waals surface area contributed by atoms with Gasteiger partial charge >= 0.3 is 7.82 Å². The predicted octanol–water partition coefficient (Wildman–Crippen LogP) is 1.95. The highest BCUT2D eigenvalue weighted by molar-refractivity contribution is 7.46. The van der Waals surface area contributed by atoms with Crippen LogP contribution in [0.15, 0.2) is 12.5 Å². The van der Waals surface area contributed by atoms with Gasteiger partial charge < -0.3 is 9.26 Å². The quantitative estimate of drug-likeness (QED) is 0.454. The molecule has 0 aliphatic heterocycles. The van der Waals surface area contributed by atoms with Crippen LogP contribution in [0.1, 0.15) is 0 Å². The van der Waals surface area contributed by atoms with Gasteiger partial charge in [-0.3, -0.25) is 9.79 Å². The van der Waals surface area contributed by atoms with Crippen LogP contribution in [0.5, 0.6) is 0 Å². The molecule has 2 N–H and O–H groups in total. The molecule has 0 fully saturated rings. The second kappa shape index (κ2) is 5.96. The number of phosphoric acid groups is 1. The van der Waals surface area contributed by atoms with Crippen molar-refractivity contribution in [1.82, 2.24) is 0 Å². The fourth-order valence-corrected chi connectivity index (χ4v) is 0.657. The van der Waals surface area contributed by atoms with Crippen LogP contribution >= 0.6 is 42.6 Å². The van der Waals surface area contributed by atoms with Crippen LogP contribution in [0.2, 0.25) is 0 Å². The van der Waals surface area contributed by atoms with Crippen LogP contribution in [-0.4, -0.2) is 20.2 Å². The molecule has 0 aliphatic carbocycles. The van der Waals surface area contributed by atoms with Crippen LogP contribution in [0, 0.1) is 0 Å². The minimum atomic E-state index is -4.53. The Balaban J connectivity index is 3.71. The van der Waals surface area contributed by atoms with Crippen molar-refractivity contribution in [3.63, 3.8) is 0 Å². The molecule has 13 heavy (non-hydrogen) atoms. The van der Waals surface area contributed by atoms with E-state index >= 15 is 0 Å². The van der Waals surface area contributed by atoms with E-state index in [1.54, 1.807) is 0 Å². The van der Waals surface area contributed by atoms with Crippen molar-refractivity contribution in [1.29, 1.82) is 0 Å². The molecule has 0 spiro atoms. The number of alkyl halides is 3. The topological polar surface area (TPSA) is 76.0 Å². The van der Waals surface area contributed by atoms with E-state index in [0.29, 0.717) is 6.26 Å². The maximum Gasteiger partial charge on any atom is 0.524 e. The summed E-state index contributed by atoms with van der Waals surface area (Å²) in [6.07, 6.45) is 1.47. The van der Waals surface area contributed by atoms with Crippen LogP contribution in [0.4, 0.5) is 0 Å². The lowest BCUT2D eigenvalue weighted by Gasteiger charge is -2.08. The molecular weight excluding hydrogens is 265 g/mol. The summed E-state index contributed by atoms with van der Waals surface area (Å²) in [5.74, 6) is 0. The molecule has 1 unspecified atom stereocenters. The van der Waals surface area contributed by atoms with Crippen molar-refractivity contribution < 1.29 is 23.6 Å². The van der Waals surface area contributed by atoms with Gasteiger partial charge in [-0.25, -0.2) is 4.57 Å². The molecule has 0 rings (SSSR count). The van der Waals surface area contributed by atoms with Gasteiger partial charge in [-0.2, -0.15) is 0 Å². The van der Waals surface area contributed by atoms with E-state index in [2.05, 4.69) is 9.26 Å². The summed E-state index contributed by atoms with van der Waals surface area (Å²) in [7, 11) is -4.53. The minimum absolute atomic E-state index is 0.645. The molecule has 0 aliphatic rings. The normalized spacial score (nSPS) is 14.9.